The highest BCUT2D eigenvalue weighted by Gasteiger charge is 2.15. The number of dihydropyridines is 1. The molecule has 2 nitrogen and oxygen atoms in total. The van der Waals surface area contributed by atoms with E-state index >= 15 is 0 Å². The normalized spacial score (nSPS) is 13.1. The van der Waals surface area contributed by atoms with Crippen LogP contribution in [0.4, 0.5) is 0 Å². The Morgan fingerprint density at radius 3 is 1.70 bits per heavy atom. The molecule has 4 heterocycles. The monoisotopic (exact) mass is 674 g/mol. The Morgan fingerprint density at radius 2 is 1.02 bits per heavy atom. The Hall–Kier alpha value is -5.81. The second-order valence-corrected chi connectivity index (χ2v) is 14.9. The third-order valence-electron chi connectivity index (χ3n) is 9.77. The van der Waals surface area contributed by atoms with Crippen molar-refractivity contribution in [1.29, 1.82) is 0 Å². The van der Waals surface area contributed by atoms with Gasteiger partial charge in [-0.05, 0) is 87.0 Å². The lowest BCUT2D eigenvalue weighted by atomic mass is 9.95. The molecule has 1 aliphatic rings. The maximum Gasteiger partial charge on any atom is 0.0867 e. The molecule has 3 aromatic heterocycles. The molecule has 9 aromatic rings. The van der Waals surface area contributed by atoms with Crippen molar-refractivity contribution in [2.75, 3.05) is 6.54 Å². The number of fused-ring (bicyclic) bond motifs is 6. The molecule has 0 saturated carbocycles. The van der Waals surface area contributed by atoms with Gasteiger partial charge in [0.1, 0.15) is 0 Å². The van der Waals surface area contributed by atoms with Crippen LogP contribution < -0.4 is 5.32 Å². The van der Waals surface area contributed by atoms with Gasteiger partial charge in [0.25, 0.3) is 0 Å². The number of allylic oxidation sites excluding steroid dienone is 2. The van der Waals surface area contributed by atoms with Crippen LogP contribution in [0, 0.1) is 0 Å². The predicted octanol–water partition coefficient (Wildman–Crippen LogP) is 12.8. The molecule has 0 fully saturated rings. The van der Waals surface area contributed by atoms with Crippen molar-refractivity contribution in [3.63, 3.8) is 0 Å². The van der Waals surface area contributed by atoms with Gasteiger partial charge in [-0.15, -0.1) is 22.7 Å². The van der Waals surface area contributed by atoms with Gasteiger partial charge in [0.05, 0.1) is 11.4 Å². The molecule has 10 rings (SSSR count). The number of nitrogens with zero attached hydrogens (tertiary/aromatic N) is 1. The smallest absolute Gasteiger partial charge is 0.0867 e. The average molecular weight is 675 g/mol. The third-order valence-corrected chi connectivity index (χ3v) is 12.2. The number of nitrogens with one attached hydrogen (secondary N) is 1. The van der Waals surface area contributed by atoms with Crippen molar-refractivity contribution in [2.45, 2.75) is 0 Å². The van der Waals surface area contributed by atoms with Crippen LogP contribution in [-0.2, 0) is 0 Å². The van der Waals surface area contributed by atoms with Crippen molar-refractivity contribution in [3.8, 4) is 33.4 Å². The minimum atomic E-state index is 0.748. The lowest BCUT2D eigenvalue weighted by Gasteiger charge is -2.17. The number of hydrogen-bond acceptors (Lipinski definition) is 4. The van der Waals surface area contributed by atoms with Crippen molar-refractivity contribution in [2.24, 2.45) is 0 Å². The molecule has 0 bridgehead atoms. The van der Waals surface area contributed by atoms with Crippen molar-refractivity contribution >= 4 is 74.3 Å². The fourth-order valence-electron chi connectivity index (χ4n) is 7.34. The first-order valence-corrected chi connectivity index (χ1v) is 18.5. The third kappa shape index (κ3) is 4.96. The highest BCUT2D eigenvalue weighted by atomic mass is 32.1. The van der Waals surface area contributed by atoms with Gasteiger partial charge in [0, 0.05) is 53.1 Å². The fourth-order valence-corrected chi connectivity index (χ4v) is 9.82. The molecular formula is C46H30N2S2. The van der Waals surface area contributed by atoms with E-state index in [1.807, 2.05) is 28.9 Å². The Labute approximate surface area is 298 Å². The van der Waals surface area contributed by atoms with Crippen LogP contribution in [0.25, 0.3) is 85.0 Å². The topological polar surface area (TPSA) is 24.9 Å². The van der Waals surface area contributed by atoms with Crippen LogP contribution in [0.5, 0.6) is 0 Å². The first-order chi connectivity index (χ1) is 24.8. The summed E-state index contributed by atoms with van der Waals surface area (Å²) in [6.45, 7) is 0.748. The van der Waals surface area contributed by atoms with Gasteiger partial charge in [-0.2, -0.15) is 0 Å². The summed E-state index contributed by atoms with van der Waals surface area (Å²) in [5.74, 6) is 0. The Morgan fingerprint density at radius 1 is 0.480 bits per heavy atom. The lowest BCUT2D eigenvalue weighted by molar-refractivity contribution is 0.985. The van der Waals surface area contributed by atoms with Crippen LogP contribution in [0.15, 0.2) is 164 Å². The first-order valence-electron chi connectivity index (χ1n) is 16.9. The molecule has 0 atom stereocenters. The number of thiophene rings is 2. The number of pyridine rings is 1. The molecule has 50 heavy (non-hydrogen) atoms. The second-order valence-electron chi connectivity index (χ2n) is 12.8. The van der Waals surface area contributed by atoms with Gasteiger partial charge in [-0.25, -0.2) is 0 Å². The molecule has 236 valence electrons. The van der Waals surface area contributed by atoms with E-state index in [0.717, 1.165) is 23.5 Å². The van der Waals surface area contributed by atoms with Gasteiger partial charge >= 0.3 is 0 Å². The summed E-state index contributed by atoms with van der Waals surface area (Å²) in [6, 6.07) is 52.9. The maximum absolute atomic E-state index is 4.83. The summed E-state index contributed by atoms with van der Waals surface area (Å²) in [5, 5.41) is 8.89. The lowest BCUT2D eigenvalue weighted by Crippen LogP contribution is -2.16. The maximum atomic E-state index is 4.83. The molecule has 0 radical (unpaired) electrons. The van der Waals surface area contributed by atoms with E-state index in [2.05, 4.69) is 163 Å². The van der Waals surface area contributed by atoms with Gasteiger partial charge in [0.2, 0.25) is 0 Å². The number of aromatic nitrogens is 1. The molecule has 4 heteroatoms. The largest absolute Gasteiger partial charge is 0.380 e. The highest BCUT2D eigenvalue weighted by Crippen LogP contribution is 2.42. The van der Waals surface area contributed by atoms with E-state index in [1.165, 1.54) is 79.3 Å². The second kappa shape index (κ2) is 12.0. The Bertz CT molecular complexity index is 2830. The number of rotatable bonds is 5. The summed E-state index contributed by atoms with van der Waals surface area (Å²) in [4.78, 5) is 4.83. The minimum Gasteiger partial charge on any atom is -0.380 e. The average Bonchev–Trinajstić information content (AvgIpc) is 3.77. The van der Waals surface area contributed by atoms with Gasteiger partial charge in [0.15, 0.2) is 0 Å². The molecule has 0 unspecified atom stereocenters. The van der Waals surface area contributed by atoms with E-state index in [-0.39, 0.29) is 0 Å². The minimum absolute atomic E-state index is 0.748. The molecule has 6 aromatic carbocycles. The van der Waals surface area contributed by atoms with Crippen LogP contribution in [0.2, 0.25) is 0 Å². The zero-order chi connectivity index (χ0) is 33.0. The molecule has 0 saturated heterocycles. The summed E-state index contributed by atoms with van der Waals surface area (Å²) >= 11 is 3.75. The Kier molecular flexibility index (Phi) is 6.97. The zero-order valence-corrected chi connectivity index (χ0v) is 28.7. The fraction of sp³-hybridized carbons (Fsp3) is 0.0217. The summed E-state index contributed by atoms with van der Waals surface area (Å²) < 4.78 is 5.33. The standard InChI is InChI=1S/C46H30N2S2/c1-3-19-43-37(13-1)39-17-7-15-35(45(39)49-43)33-11-5-9-29(25-33)31-21-23-47-41(27-31)42-28-32(22-24-48-42)30-10-6-12-34(26-30)36-16-8-18-40-38-14-2-4-20-44(38)50-46(36)40/h1-23,25-28,48H,24H2. The predicted molar refractivity (Wildman–Crippen MR) is 217 cm³/mol. The van der Waals surface area contributed by atoms with E-state index in [0.29, 0.717) is 0 Å². The molecule has 0 spiro atoms. The van der Waals surface area contributed by atoms with Crippen LogP contribution >= 0.6 is 22.7 Å². The molecule has 0 aliphatic carbocycles. The van der Waals surface area contributed by atoms with Gasteiger partial charge < -0.3 is 5.32 Å². The van der Waals surface area contributed by atoms with E-state index in [4.69, 9.17) is 4.98 Å². The van der Waals surface area contributed by atoms with E-state index < -0.39 is 0 Å². The van der Waals surface area contributed by atoms with Crippen LogP contribution in [0.1, 0.15) is 11.3 Å². The Balaban J connectivity index is 0.980. The van der Waals surface area contributed by atoms with Crippen molar-refractivity contribution in [3.05, 3.63) is 175 Å². The number of benzene rings is 6. The van der Waals surface area contributed by atoms with Crippen LogP contribution in [0.3, 0.4) is 0 Å². The highest BCUT2D eigenvalue weighted by molar-refractivity contribution is 7.26. The molecule has 1 aliphatic heterocycles. The van der Waals surface area contributed by atoms with Gasteiger partial charge in [-0.3, -0.25) is 4.98 Å². The van der Waals surface area contributed by atoms with Crippen molar-refractivity contribution in [1.82, 2.24) is 10.3 Å². The number of hydrogen-bond donors (Lipinski definition) is 1. The van der Waals surface area contributed by atoms with Crippen molar-refractivity contribution < 1.29 is 0 Å². The summed E-state index contributed by atoms with van der Waals surface area (Å²) in [7, 11) is 0. The molecular weight excluding hydrogens is 645 g/mol. The SMILES string of the molecule is C1=C(c2cccc(-c3cccc4c3sc3ccccc34)c2)C=C(c2cc(-c3cccc(-c4cccc5c4sc4ccccc45)c3)ccn2)NC1. The zero-order valence-electron chi connectivity index (χ0n) is 27.1. The first kappa shape index (κ1) is 29.1. The quantitative estimate of drug-likeness (QED) is 0.197. The molecule has 0 amide bonds. The van der Waals surface area contributed by atoms with E-state index in [1.54, 1.807) is 0 Å². The van der Waals surface area contributed by atoms with E-state index in [9.17, 15) is 0 Å². The van der Waals surface area contributed by atoms with Gasteiger partial charge in [-0.1, -0.05) is 115 Å². The summed E-state index contributed by atoms with van der Waals surface area (Å²) in [6.07, 6.45) is 6.44. The van der Waals surface area contributed by atoms with Crippen LogP contribution in [-0.4, -0.2) is 11.5 Å². The summed E-state index contributed by atoms with van der Waals surface area (Å²) in [5.41, 5.74) is 11.7. The molecule has 1 N–H and O–H groups in total.